The van der Waals surface area contributed by atoms with Crippen LogP contribution in [0.15, 0.2) is 41.2 Å². The van der Waals surface area contributed by atoms with Crippen LogP contribution < -0.4 is 0 Å². The summed E-state index contributed by atoms with van der Waals surface area (Å²) in [5, 5.41) is 0. The summed E-state index contributed by atoms with van der Waals surface area (Å²) in [4.78, 5) is 4.32. The summed E-state index contributed by atoms with van der Waals surface area (Å²) in [6.45, 7) is 3.67. The van der Waals surface area contributed by atoms with Crippen molar-refractivity contribution in [1.29, 1.82) is 0 Å². The molecule has 1 aliphatic rings. The fourth-order valence-corrected chi connectivity index (χ4v) is 2.08. The van der Waals surface area contributed by atoms with Crippen LogP contribution in [0.1, 0.15) is 25.5 Å². The van der Waals surface area contributed by atoms with Crippen molar-refractivity contribution < 1.29 is 4.32 Å². The van der Waals surface area contributed by atoms with Crippen LogP contribution in [0.2, 0.25) is 6.82 Å². The van der Waals surface area contributed by atoms with Gasteiger partial charge in [-0.05, 0) is 43.7 Å². The lowest BCUT2D eigenvalue weighted by molar-refractivity contribution is 0.794. The van der Waals surface area contributed by atoms with Gasteiger partial charge in [0.15, 0.2) is 0 Å². The second kappa shape index (κ2) is 5.17. The molecule has 0 saturated carbocycles. The molecule has 0 N–H and O–H groups in total. The molecule has 0 radical (unpaired) electrons. The Balaban J connectivity index is 2.47. The molecule has 2 heterocycles. The minimum Gasteiger partial charge on any atom is -0.363 e. The van der Waals surface area contributed by atoms with Crippen molar-refractivity contribution in [2.75, 3.05) is 0 Å². The zero-order valence-corrected chi connectivity index (χ0v) is 10.2. The van der Waals surface area contributed by atoms with E-state index >= 15 is 0 Å². The van der Waals surface area contributed by atoms with Gasteiger partial charge in [-0.2, -0.15) is 0 Å². The van der Waals surface area contributed by atoms with Crippen LogP contribution in [0.3, 0.4) is 0 Å². The molecule has 2 nitrogen and oxygen atoms in total. The van der Waals surface area contributed by atoms with Crippen molar-refractivity contribution in [3.63, 3.8) is 0 Å². The second-order valence-electron chi connectivity index (χ2n) is 4.13. The summed E-state index contributed by atoms with van der Waals surface area (Å²) in [6, 6.07) is 3.83. The maximum Gasteiger partial charge on any atom is 0.461 e. The molecule has 4 heteroatoms. The number of rotatable bonds is 4. The molecule has 0 unspecified atom stereocenters. The van der Waals surface area contributed by atoms with Crippen LogP contribution in [0.25, 0.3) is 5.57 Å². The standard InChI is InChI=1S/C13H16BFN2/c1-3-6-11(12-7-4-9-16-12)13-8-5-10-17(13)14(2)15/h4-5,7-10H,3,6H2,1-2H3/b12-11-. The van der Waals surface area contributed by atoms with E-state index in [1.165, 1.54) is 0 Å². The number of nitrogens with zero attached hydrogens (tertiary/aromatic N) is 2. The van der Waals surface area contributed by atoms with Crippen molar-refractivity contribution in [3.8, 4) is 0 Å². The molecule has 0 atom stereocenters. The molecule has 0 spiro atoms. The minimum atomic E-state index is -1.01. The van der Waals surface area contributed by atoms with Gasteiger partial charge in [-0.1, -0.05) is 13.3 Å². The van der Waals surface area contributed by atoms with Crippen LogP contribution in [-0.4, -0.2) is 17.8 Å². The highest BCUT2D eigenvalue weighted by atomic mass is 19.1. The summed E-state index contributed by atoms with van der Waals surface area (Å²) in [6.07, 6.45) is 9.37. The molecule has 17 heavy (non-hydrogen) atoms. The highest BCUT2D eigenvalue weighted by Crippen LogP contribution is 2.27. The van der Waals surface area contributed by atoms with E-state index in [-0.39, 0.29) is 0 Å². The largest absolute Gasteiger partial charge is 0.461 e. The maximum atomic E-state index is 13.5. The molecule has 1 aromatic heterocycles. The Morgan fingerprint density at radius 2 is 2.35 bits per heavy atom. The Morgan fingerprint density at radius 3 is 2.94 bits per heavy atom. The first kappa shape index (κ1) is 11.9. The SMILES string of the molecule is CCC/C(=C1\C=CC=N1)c1cccn1B(C)F. The first-order chi connectivity index (χ1) is 8.24. The molecule has 88 valence electrons. The van der Waals surface area contributed by atoms with Crippen molar-refractivity contribution >= 4 is 18.9 Å². The fourth-order valence-electron chi connectivity index (χ4n) is 2.08. The Labute approximate surface area is 102 Å². The zero-order valence-electron chi connectivity index (χ0n) is 10.2. The third-order valence-corrected chi connectivity index (χ3v) is 2.83. The van der Waals surface area contributed by atoms with E-state index in [0.29, 0.717) is 0 Å². The van der Waals surface area contributed by atoms with Crippen LogP contribution >= 0.6 is 0 Å². The van der Waals surface area contributed by atoms with E-state index in [0.717, 1.165) is 29.8 Å². The second-order valence-corrected chi connectivity index (χ2v) is 4.13. The molecular weight excluding hydrogens is 214 g/mol. The normalized spacial score (nSPS) is 16.6. The average Bonchev–Trinajstić information content (AvgIpc) is 2.96. The van der Waals surface area contributed by atoms with Crippen molar-refractivity contribution in [2.24, 2.45) is 4.99 Å². The maximum absolute atomic E-state index is 13.5. The summed E-state index contributed by atoms with van der Waals surface area (Å²) in [5.41, 5.74) is 3.00. The highest BCUT2D eigenvalue weighted by molar-refractivity contribution is 6.48. The summed E-state index contributed by atoms with van der Waals surface area (Å²) in [5.74, 6) is 0. The predicted octanol–water partition coefficient (Wildman–Crippen LogP) is 3.58. The molecule has 1 aromatic rings. The first-order valence-electron chi connectivity index (χ1n) is 5.99. The highest BCUT2D eigenvalue weighted by Gasteiger charge is 2.17. The fraction of sp³-hybridized carbons (Fsp3) is 0.308. The molecule has 0 bridgehead atoms. The van der Waals surface area contributed by atoms with Gasteiger partial charge in [0.2, 0.25) is 0 Å². The van der Waals surface area contributed by atoms with Gasteiger partial charge in [-0.25, -0.2) is 0 Å². The predicted molar refractivity (Wildman–Crippen MR) is 72.0 cm³/mol. The molecule has 0 saturated heterocycles. The van der Waals surface area contributed by atoms with Crippen molar-refractivity contribution in [3.05, 3.63) is 41.9 Å². The Kier molecular flexibility index (Phi) is 3.62. The monoisotopic (exact) mass is 230 g/mol. The van der Waals surface area contributed by atoms with Crippen LogP contribution in [0.4, 0.5) is 4.32 Å². The van der Waals surface area contributed by atoms with Gasteiger partial charge < -0.3 is 8.79 Å². The van der Waals surface area contributed by atoms with Crippen molar-refractivity contribution in [1.82, 2.24) is 4.48 Å². The van der Waals surface area contributed by atoms with Gasteiger partial charge in [-0.15, -0.1) is 0 Å². The molecule has 2 rings (SSSR count). The van der Waals surface area contributed by atoms with Gasteiger partial charge in [0.25, 0.3) is 0 Å². The van der Waals surface area contributed by atoms with E-state index in [1.54, 1.807) is 23.7 Å². The van der Waals surface area contributed by atoms with Crippen LogP contribution in [-0.2, 0) is 0 Å². The van der Waals surface area contributed by atoms with E-state index in [9.17, 15) is 4.32 Å². The first-order valence-corrected chi connectivity index (χ1v) is 5.99. The van der Waals surface area contributed by atoms with Crippen molar-refractivity contribution in [2.45, 2.75) is 26.6 Å². The number of hydrogen-bond donors (Lipinski definition) is 0. The minimum absolute atomic E-state index is 0.910. The lowest BCUT2D eigenvalue weighted by atomic mass is 9.90. The number of aromatic nitrogens is 1. The van der Waals surface area contributed by atoms with E-state index in [2.05, 4.69) is 11.9 Å². The molecular formula is C13H16BFN2. The number of hydrogen-bond acceptors (Lipinski definition) is 1. The van der Waals surface area contributed by atoms with Gasteiger partial charge >= 0.3 is 7.12 Å². The summed E-state index contributed by atoms with van der Waals surface area (Å²) in [7, 11) is -1.01. The lowest BCUT2D eigenvalue weighted by Gasteiger charge is -2.12. The van der Waals surface area contributed by atoms with E-state index < -0.39 is 7.12 Å². The average molecular weight is 230 g/mol. The van der Waals surface area contributed by atoms with Gasteiger partial charge in [0, 0.05) is 17.5 Å². The van der Waals surface area contributed by atoms with Gasteiger partial charge in [0.1, 0.15) is 0 Å². The van der Waals surface area contributed by atoms with Crippen LogP contribution in [0.5, 0.6) is 0 Å². The van der Waals surface area contributed by atoms with E-state index in [1.807, 2.05) is 24.3 Å². The quantitative estimate of drug-likeness (QED) is 0.703. The summed E-state index contributed by atoms with van der Waals surface area (Å²) >= 11 is 0. The Hall–Kier alpha value is -1.58. The molecule has 0 fully saturated rings. The number of aliphatic imine (C=N–C) groups is 1. The Morgan fingerprint density at radius 1 is 1.53 bits per heavy atom. The Bertz CT molecular complexity index is 469. The number of allylic oxidation sites excluding steroid dienone is 3. The molecule has 1 aliphatic heterocycles. The van der Waals surface area contributed by atoms with Crippen LogP contribution in [0, 0.1) is 0 Å². The smallest absolute Gasteiger partial charge is 0.363 e. The third kappa shape index (κ3) is 2.41. The zero-order chi connectivity index (χ0) is 12.3. The van der Waals surface area contributed by atoms with Gasteiger partial charge in [0.05, 0.1) is 5.70 Å². The molecule has 0 aromatic carbocycles. The topological polar surface area (TPSA) is 17.3 Å². The third-order valence-electron chi connectivity index (χ3n) is 2.83. The summed E-state index contributed by atoms with van der Waals surface area (Å²) < 4.78 is 15.2. The lowest BCUT2D eigenvalue weighted by Crippen LogP contribution is -2.15. The van der Waals surface area contributed by atoms with E-state index in [4.69, 9.17) is 0 Å². The molecule has 0 aliphatic carbocycles. The number of halogens is 1. The molecule has 0 amide bonds. The van der Waals surface area contributed by atoms with Gasteiger partial charge in [-0.3, -0.25) is 4.99 Å².